The van der Waals surface area contributed by atoms with Gasteiger partial charge in [0.2, 0.25) is 17.7 Å². The highest BCUT2D eigenvalue weighted by atomic mass is 16.3. The van der Waals surface area contributed by atoms with Crippen molar-refractivity contribution in [3.63, 3.8) is 0 Å². The fourth-order valence-electron chi connectivity index (χ4n) is 3.44. The van der Waals surface area contributed by atoms with Gasteiger partial charge in [0.05, 0.1) is 18.2 Å². The topological polar surface area (TPSA) is 157 Å². The summed E-state index contributed by atoms with van der Waals surface area (Å²) in [6.07, 6.45) is 5.25. The monoisotopic (exact) mass is 451 g/mol. The number of H-pyrrole nitrogens is 1. The first-order chi connectivity index (χ1) is 15.9. The number of benzene rings is 1. The highest BCUT2D eigenvalue weighted by Gasteiger charge is 2.27. The van der Waals surface area contributed by atoms with Crippen molar-refractivity contribution < 1.29 is 23.6 Å². The van der Waals surface area contributed by atoms with E-state index in [9.17, 15) is 19.2 Å². The molecule has 10 nitrogen and oxygen atoms in total. The smallest absolute Gasteiger partial charge is 0.247 e. The Morgan fingerprint density at radius 1 is 1.09 bits per heavy atom. The van der Waals surface area contributed by atoms with Crippen molar-refractivity contribution in [3.05, 3.63) is 54.6 Å². The maximum Gasteiger partial charge on any atom is 0.247 e. The first-order valence-electron chi connectivity index (χ1n) is 10.4. The highest BCUT2D eigenvalue weighted by Crippen LogP contribution is 2.19. The van der Waals surface area contributed by atoms with Crippen molar-refractivity contribution >= 4 is 46.3 Å². The van der Waals surface area contributed by atoms with Crippen molar-refractivity contribution in [1.82, 2.24) is 15.6 Å². The Morgan fingerprint density at radius 2 is 1.88 bits per heavy atom. The normalized spacial score (nSPS) is 12.5. The number of amides is 3. The molecule has 3 aromatic rings. The molecule has 0 aliphatic carbocycles. The number of carbonyl (C=O) groups excluding carboxylic acids is 4. The molecule has 3 rings (SSSR count). The molecular weight excluding hydrogens is 426 g/mol. The van der Waals surface area contributed by atoms with Crippen LogP contribution in [-0.2, 0) is 25.6 Å². The van der Waals surface area contributed by atoms with Crippen LogP contribution in [0.5, 0.6) is 0 Å². The quantitative estimate of drug-likeness (QED) is 0.282. The maximum atomic E-state index is 13.1. The lowest BCUT2D eigenvalue weighted by Gasteiger charge is -2.22. The number of para-hydroxylation sites is 1. The van der Waals surface area contributed by atoms with Crippen LogP contribution in [0.4, 0.5) is 5.69 Å². The van der Waals surface area contributed by atoms with Crippen LogP contribution in [0.2, 0.25) is 0 Å². The first-order valence-corrected chi connectivity index (χ1v) is 10.4. The summed E-state index contributed by atoms with van der Waals surface area (Å²) in [5.41, 5.74) is 2.13. The van der Waals surface area contributed by atoms with Crippen LogP contribution < -0.4 is 16.0 Å². The summed E-state index contributed by atoms with van der Waals surface area (Å²) in [5, 5.41) is 15.9. The molecule has 2 atom stereocenters. The fourth-order valence-corrected chi connectivity index (χ4v) is 3.44. The van der Waals surface area contributed by atoms with Crippen LogP contribution in [0.1, 0.15) is 25.3 Å². The average Bonchev–Trinajstić information content (AvgIpc) is 3.45. The van der Waals surface area contributed by atoms with E-state index in [4.69, 9.17) is 9.83 Å². The summed E-state index contributed by atoms with van der Waals surface area (Å²) in [4.78, 5) is 52.4. The van der Waals surface area contributed by atoms with Gasteiger partial charge in [-0.1, -0.05) is 18.2 Å². The summed E-state index contributed by atoms with van der Waals surface area (Å²) in [6, 6.07) is 7.12. The Kier molecular flexibility index (Phi) is 7.74. The van der Waals surface area contributed by atoms with Crippen LogP contribution in [0.15, 0.2) is 53.5 Å². The number of fused-ring (bicyclic) bond motifs is 1. The van der Waals surface area contributed by atoms with Crippen LogP contribution in [0.3, 0.4) is 0 Å². The van der Waals surface area contributed by atoms with E-state index in [1.165, 1.54) is 25.5 Å². The van der Waals surface area contributed by atoms with Crippen molar-refractivity contribution in [3.8, 4) is 0 Å². The molecule has 2 heterocycles. The van der Waals surface area contributed by atoms with E-state index in [2.05, 4.69) is 20.9 Å². The lowest BCUT2D eigenvalue weighted by molar-refractivity contribution is -0.130. The van der Waals surface area contributed by atoms with E-state index in [1.807, 2.05) is 24.3 Å². The summed E-state index contributed by atoms with van der Waals surface area (Å²) in [5.74, 6) is -1.97. The SMILES string of the molecule is CC(=O)N[C@@H](Cc1c[nH]c2ccccc12)C(=O)N[C@@H](CCC(=O)C=N)C(=O)Nc1ccoc1. The van der Waals surface area contributed by atoms with Crippen molar-refractivity contribution in [2.24, 2.45) is 0 Å². The summed E-state index contributed by atoms with van der Waals surface area (Å²) < 4.78 is 4.93. The second kappa shape index (κ2) is 10.9. The Hall–Kier alpha value is -4.21. The van der Waals surface area contributed by atoms with Crippen molar-refractivity contribution in [2.75, 3.05) is 5.32 Å². The predicted octanol–water partition coefficient (Wildman–Crippen LogP) is 1.93. The Bertz CT molecular complexity index is 1150. The van der Waals surface area contributed by atoms with Crippen molar-refractivity contribution in [1.29, 1.82) is 5.41 Å². The number of aromatic nitrogens is 1. The molecule has 0 aliphatic heterocycles. The van der Waals surface area contributed by atoms with Gasteiger partial charge in [-0.2, -0.15) is 0 Å². The van der Waals surface area contributed by atoms with Gasteiger partial charge in [-0.15, -0.1) is 0 Å². The Labute approximate surface area is 189 Å². The minimum atomic E-state index is -1.06. The second-order valence-electron chi connectivity index (χ2n) is 7.53. The molecule has 0 aliphatic rings. The van der Waals surface area contributed by atoms with Gasteiger partial charge in [-0.3, -0.25) is 19.2 Å². The van der Waals surface area contributed by atoms with Crippen LogP contribution in [-0.4, -0.2) is 46.8 Å². The minimum Gasteiger partial charge on any atom is -0.470 e. The van der Waals surface area contributed by atoms with E-state index in [0.717, 1.165) is 16.5 Å². The number of carbonyl (C=O) groups is 4. The van der Waals surface area contributed by atoms with E-state index in [-0.39, 0.29) is 19.3 Å². The number of nitrogens with one attached hydrogen (secondary N) is 5. The fraction of sp³-hybridized carbons (Fsp3) is 0.261. The van der Waals surface area contributed by atoms with Gasteiger partial charge in [0, 0.05) is 36.9 Å². The Morgan fingerprint density at radius 3 is 2.58 bits per heavy atom. The van der Waals surface area contributed by atoms with Gasteiger partial charge in [0.25, 0.3) is 0 Å². The molecule has 0 saturated carbocycles. The lowest BCUT2D eigenvalue weighted by atomic mass is 10.0. The van der Waals surface area contributed by atoms with Gasteiger partial charge in [0.15, 0.2) is 5.78 Å². The standard InChI is InChI=1S/C23H25N5O5/c1-14(29)26-21(10-15-12-25-19-5-3-2-4-18(15)19)23(32)28-20(7-6-17(30)11-24)22(31)27-16-8-9-33-13-16/h2-5,8-9,11-13,20-21,24-25H,6-7,10H2,1H3,(H,26,29)(H,27,31)(H,28,32)/t20-,21-/m0/s1. The third-order valence-corrected chi connectivity index (χ3v) is 5.06. The second-order valence-corrected chi connectivity index (χ2v) is 7.53. The Balaban J connectivity index is 1.77. The van der Waals surface area contributed by atoms with Gasteiger partial charge in [-0.25, -0.2) is 0 Å². The molecule has 172 valence electrons. The third kappa shape index (κ3) is 6.39. The molecule has 33 heavy (non-hydrogen) atoms. The zero-order valence-electron chi connectivity index (χ0n) is 18.0. The third-order valence-electron chi connectivity index (χ3n) is 5.06. The van der Waals surface area contributed by atoms with Gasteiger partial charge in [-0.05, 0) is 24.1 Å². The molecule has 0 fully saturated rings. The molecule has 0 bridgehead atoms. The van der Waals surface area contributed by atoms with E-state index < -0.39 is 35.6 Å². The number of aromatic amines is 1. The lowest BCUT2D eigenvalue weighted by Crippen LogP contribution is -2.53. The molecule has 3 amide bonds. The van der Waals surface area contributed by atoms with Crippen LogP contribution >= 0.6 is 0 Å². The van der Waals surface area contributed by atoms with Gasteiger partial charge in [0.1, 0.15) is 18.3 Å². The summed E-state index contributed by atoms with van der Waals surface area (Å²) in [7, 11) is 0. The highest BCUT2D eigenvalue weighted by molar-refractivity contribution is 6.26. The van der Waals surface area contributed by atoms with E-state index >= 15 is 0 Å². The van der Waals surface area contributed by atoms with Crippen LogP contribution in [0, 0.1) is 5.41 Å². The van der Waals surface area contributed by atoms with Crippen molar-refractivity contribution in [2.45, 2.75) is 38.3 Å². The molecule has 0 spiro atoms. The van der Waals surface area contributed by atoms with E-state index in [0.29, 0.717) is 11.9 Å². The minimum absolute atomic E-state index is 0.0104. The molecule has 0 unspecified atom stereocenters. The molecule has 2 aromatic heterocycles. The summed E-state index contributed by atoms with van der Waals surface area (Å²) >= 11 is 0. The number of anilines is 1. The molecule has 0 saturated heterocycles. The number of Topliss-reactive ketones (excluding diaryl/α,β-unsaturated/α-hetero) is 1. The number of ketones is 1. The predicted molar refractivity (Wildman–Crippen MR) is 122 cm³/mol. The zero-order chi connectivity index (χ0) is 23.8. The number of rotatable bonds is 11. The average molecular weight is 451 g/mol. The van der Waals surface area contributed by atoms with Gasteiger partial charge < -0.3 is 30.8 Å². The first kappa shape index (κ1) is 23.5. The maximum absolute atomic E-state index is 13.1. The van der Waals surface area contributed by atoms with Crippen LogP contribution in [0.25, 0.3) is 10.9 Å². The molecule has 5 N–H and O–H groups in total. The number of hydrogen-bond donors (Lipinski definition) is 5. The molecule has 0 radical (unpaired) electrons. The molecular formula is C23H25N5O5. The van der Waals surface area contributed by atoms with Gasteiger partial charge >= 0.3 is 0 Å². The number of furan rings is 1. The summed E-state index contributed by atoms with van der Waals surface area (Å²) in [6.45, 7) is 1.31. The number of hydrogen-bond acceptors (Lipinski definition) is 6. The van der Waals surface area contributed by atoms with E-state index in [1.54, 1.807) is 6.20 Å². The zero-order valence-corrected chi connectivity index (χ0v) is 18.0. The largest absolute Gasteiger partial charge is 0.470 e. The molecule has 1 aromatic carbocycles. The molecule has 10 heteroatoms.